The number of phenolic OH excluding ortho intramolecular Hbond substituents is 1. The van der Waals surface area contributed by atoms with Crippen LogP contribution in [0.4, 0.5) is 5.69 Å². The second-order valence-electron chi connectivity index (χ2n) is 6.89. The third kappa shape index (κ3) is 4.19. The summed E-state index contributed by atoms with van der Waals surface area (Å²) in [7, 11) is 1.67. The van der Waals surface area contributed by atoms with E-state index in [-0.39, 0.29) is 11.8 Å². The van der Waals surface area contributed by atoms with Gasteiger partial charge >= 0.3 is 0 Å². The average molecular weight is 364 g/mol. The molecule has 0 spiro atoms. The summed E-state index contributed by atoms with van der Waals surface area (Å²) in [5, 5.41) is 9.94. The normalized spacial score (nSPS) is 16.2. The number of phenols is 1. The maximum absolute atomic E-state index is 12.8. The largest absolute Gasteiger partial charge is 0.508 e. The first-order valence-corrected chi connectivity index (χ1v) is 9.06. The van der Waals surface area contributed by atoms with Crippen molar-refractivity contribution in [3.63, 3.8) is 0 Å². The summed E-state index contributed by atoms with van der Waals surface area (Å²) in [5.41, 5.74) is 2.26. The zero-order valence-corrected chi connectivity index (χ0v) is 15.5. The van der Waals surface area contributed by atoms with E-state index < -0.39 is 0 Å². The molecule has 1 aliphatic rings. The van der Waals surface area contributed by atoms with E-state index in [1.54, 1.807) is 37.4 Å². The van der Waals surface area contributed by atoms with Gasteiger partial charge in [-0.05, 0) is 60.7 Å². The van der Waals surface area contributed by atoms with E-state index in [9.17, 15) is 14.7 Å². The number of carbonyl (C=O) groups is 2. The molecule has 0 aromatic heterocycles. The highest BCUT2D eigenvalue weighted by Gasteiger charge is 2.27. The molecule has 1 N–H and O–H groups in total. The molecular formula is C22H24N2O3. The van der Waals surface area contributed by atoms with Crippen LogP contribution in [0.2, 0.25) is 0 Å². The van der Waals surface area contributed by atoms with Crippen molar-refractivity contribution in [2.24, 2.45) is 5.92 Å². The molecule has 5 heteroatoms. The molecule has 2 aromatic carbocycles. The van der Waals surface area contributed by atoms with Crippen molar-refractivity contribution in [3.05, 3.63) is 72.3 Å². The number of hydrogen-bond donors (Lipinski definition) is 1. The highest BCUT2D eigenvalue weighted by atomic mass is 16.3. The Balaban J connectivity index is 1.62. The van der Waals surface area contributed by atoms with Gasteiger partial charge in [-0.25, -0.2) is 0 Å². The Hall–Kier alpha value is -3.08. The molecule has 0 saturated carbocycles. The number of benzene rings is 2. The number of nitrogens with zero attached hydrogens (tertiary/aromatic N) is 2. The van der Waals surface area contributed by atoms with Gasteiger partial charge in [0.05, 0.1) is 0 Å². The molecule has 1 fully saturated rings. The van der Waals surface area contributed by atoms with E-state index in [0.29, 0.717) is 30.3 Å². The molecule has 140 valence electrons. The molecule has 2 amide bonds. The summed E-state index contributed by atoms with van der Waals surface area (Å²) >= 11 is 0. The van der Waals surface area contributed by atoms with Crippen molar-refractivity contribution in [2.45, 2.75) is 12.8 Å². The van der Waals surface area contributed by atoms with Crippen molar-refractivity contribution in [2.75, 3.05) is 25.0 Å². The fraction of sp³-hybridized carbons (Fsp3) is 0.273. The predicted molar refractivity (Wildman–Crippen MR) is 106 cm³/mol. The molecule has 1 saturated heterocycles. The van der Waals surface area contributed by atoms with Crippen LogP contribution >= 0.6 is 0 Å². The van der Waals surface area contributed by atoms with Crippen LogP contribution in [0.1, 0.15) is 22.3 Å². The highest BCUT2D eigenvalue weighted by Crippen LogP contribution is 2.26. The second-order valence-corrected chi connectivity index (χ2v) is 6.89. The summed E-state index contributed by atoms with van der Waals surface area (Å²) in [6, 6.07) is 14.4. The third-order valence-electron chi connectivity index (χ3n) is 5.08. The number of anilines is 1. The van der Waals surface area contributed by atoms with Gasteiger partial charge in [0.1, 0.15) is 5.75 Å². The Morgan fingerprint density at radius 3 is 2.59 bits per heavy atom. The molecule has 0 aliphatic carbocycles. The van der Waals surface area contributed by atoms with Crippen molar-refractivity contribution < 1.29 is 14.7 Å². The summed E-state index contributed by atoms with van der Waals surface area (Å²) in [6.45, 7) is 4.88. The van der Waals surface area contributed by atoms with Gasteiger partial charge in [0.15, 0.2) is 0 Å². The van der Waals surface area contributed by atoms with Crippen LogP contribution in [0.15, 0.2) is 61.2 Å². The van der Waals surface area contributed by atoms with Crippen LogP contribution in [0.5, 0.6) is 5.75 Å². The Labute approximate surface area is 159 Å². The Kier molecular flexibility index (Phi) is 5.60. The molecule has 2 aromatic rings. The first-order valence-electron chi connectivity index (χ1n) is 9.06. The molecule has 1 aliphatic heterocycles. The number of rotatable bonds is 5. The summed E-state index contributed by atoms with van der Waals surface area (Å²) < 4.78 is 0. The van der Waals surface area contributed by atoms with E-state index in [1.165, 1.54) is 11.0 Å². The summed E-state index contributed by atoms with van der Waals surface area (Å²) in [5.74, 6) is 0.466. The van der Waals surface area contributed by atoms with E-state index >= 15 is 0 Å². The maximum atomic E-state index is 12.8. The van der Waals surface area contributed by atoms with Crippen LogP contribution in [0, 0.1) is 5.92 Å². The topological polar surface area (TPSA) is 60.9 Å². The molecule has 1 heterocycles. The van der Waals surface area contributed by atoms with Gasteiger partial charge in [-0.15, -0.1) is 0 Å². The van der Waals surface area contributed by atoms with Crippen molar-refractivity contribution in [1.82, 2.24) is 4.90 Å². The minimum Gasteiger partial charge on any atom is -0.508 e. The lowest BCUT2D eigenvalue weighted by molar-refractivity contribution is -0.113. The third-order valence-corrected chi connectivity index (χ3v) is 5.08. The standard InChI is InChI=1S/C22H24N2O3/c1-3-21(26)23(2)19-10-8-17(9-11-19)22(27)24-13-12-16(15-24)14-18-6-4-5-7-20(18)25/h3-11,16,25H,1,12-15H2,2H3. The first kappa shape index (κ1) is 18.7. The molecule has 0 radical (unpaired) electrons. The van der Waals surface area contributed by atoms with Crippen LogP contribution in [-0.2, 0) is 11.2 Å². The zero-order valence-electron chi connectivity index (χ0n) is 15.5. The van der Waals surface area contributed by atoms with E-state index in [0.717, 1.165) is 24.1 Å². The fourth-order valence-corrected chi connectivity index (χ4v) is 3.45. The van der Waals surface area contributed by atoms with Crippen LogP contribution in [-0.4, -0.2) is 42.0 Å². The quantitative estimate of drug-likeness (QED) is 0.829. The number of likely N-dealkylation sites (tertiary alicyclic amines) is 1. The van der Waals surface area contributed by atoms with Gasteiger partial charge in [-0.3, -0.25) is 9.59 Å². The monoisotopic (exact) mass is 364 g/mol. The van der Waals surface area contributed by atoms with Crippen molar-refractivity contribution in [1.29, 1.82) is 0 Å². The van der Waals surface area contributed by atoms with Gasteiger partial charge in [-0.2, -0.15) is 0 Å². The van der Waals surface area contributed by atoms with Crippen LogP contribution in [0.3, 0.4) is 0 Å². The molecule has 1 atom stereocenters. The number of likely N-dealkylation sites (N-methyl/N-ethyl adjacent to an activating group) is 1. The average Bonchev–Trinajstić information content (AvgIpc) is 3.16. The Morgan fingerprint density at radius 1 is 1.22 bits per heavy atom. The van der Waals surface area contributed by atoms with Gasteiger partial charge in [0, 0.05) is 31.4 Å². The minimum atomic E-state index is -0.194. The number of hydrogen-bond acceptors (Lipinski definition) is 3. The van der Waals surface area contributed by atoms with Crippen LogP contribution < -0.4 is 4.90 Å². The highest BCUT2D eigenvalue weighted by molar-refractivity contribution is 6.01. The molecule has 27 heavy (non-hydrogen) atoms. The minimum absolute atomic E-state index is 0.000895. The van der Waals surface area contributed by atoms with Gasteiger partial charge in [0.25, 0.3) is 5.91 Å². The molecule has 5 nitrogen and oxygen atoms in total. The first-order chi connectivity index (χ1) is 13.0. The maximum Gasteiger partial charge on any atom is 0.253 e. The Morgan fingerprint density at radius 2 is 1.93 bits per heavy atom. The lowest BCUT2D eigenvalue weighted by Crippen LogP contribution is -2.29. The van der Waals surface area contributed by atoms with E-state index in [2.05, 4.69) is 6.58 Å². The SMILES string of the molecule is C=CC(=O)N(C)c1ccc(C(=O)N2CCC(Cc3ccccc3O)C2)cc1. The molecule has 1 unspecified atom stereocenters. The lowest BCUT2D eigenvalue weighted by atomic mass is 9.98. The summed E-state index contributed by atoms with van der Waals surface area (Å²) in [6.07, 6.45) is 2.95. The number of para-hydroxylation sites is 1. The number of amides is 2. The van der Waals surface area contributed by atoms with Crippen molar-refractivity contribution >= 4 is 17.5 Å². The number of aromatic hydroxyl groups is 1. The second kappa shape index (κ2) is 8.08. The van der Waals surface area contributed by atoms with Crippen LogP contribution in [0.25, 0.3) is 0 Å². The fourth-order valence-electron chi connectivity index (χ4n) is 3.45. The van der Waals surface area contributed by atoms with Gasteiger partial charge in [-0.1, -0.05) is 24.8 Å². The number of carbonyl (C=O) groups excluding carboxylic acids is 2. The molecular weight excluding hydrogens is 340 g/mol. The van der Waals surface area contributed by atoms with Gasteiger partial charge in [0.2, 0.25) is 5.91 Å². The van der Waals surface area contributed by atoms with Gasteiger partial charge < -0.3 is 14.9 Å². The smallest absolute Gasteiger partial charge is 0.253 e. The summed E-state index contributed by atoms with van der Waals surface area (Å²) in [4.78, 5) is 27.8. The molecule has 0 bridgehead atoms. The van der Waals surface area contributed by atoms with E-state index in [4.69, 9.17) is 0 Å². The van der Waals surface area contributed by atoms with Crippen molar-refractivity contribution in [3.8, 4) is 5.75 Å². The zero-order chi connectivity index (χ0) is 19.4. The Bertz CT molecular complexity index is 845. The molecule has 3 rings (SSSR count). The predicted octanol–water partition coefficient (Wildman–Crippen LogP) is 3.25. The van der Waals surface area contributed by atoms with E-state index in [1.807, 2.05) is 23.1 Å². The lowest BCUT2D eigenvalue weighted by Gasteiger charge is -2.18.